The smallest absolute Gasteiger partial charge is 0.320 e. The van der Waals surface area contributed by atoms with Crippen LogP contribution < -0.4 is 11.5 Å². The first-order valence-electron chi connectivity index (χ1n) is 5.52. The van der Waals surface area contributed by atoms with Crippen LogP contribution in [0.3, 0.4) is 0 Å². The van der Waals surface area contributed by atoms with E-state index < -0.39 is 12.0 Å². The number of nitrogens with zero attached hydrogens (tertiary/aromatic N) is 1. The Kier molecular flexibility index (Phi) is 4.70. The van der Waals surface area contributed by atoms with Crippen molar-refractivity contribution in [3.8, 4) is 0 Å². The monoisotopic (exact) mass is 229 g/mol. The standard InChI is InChI=1S/C10H19N3O3/c11-7-2-1-5-13(6-7)9(14)4-3-8(12)10(15)16/h7-8H,1-6,11-12H2,(H,15,16)/t7-,8+/m1/s1. The van der Waals surface area contributed by atoms with Crippen LogP contribution >= 0.6 is 0 Å². The van der Waals surface area contributed by atoms with E-state index >= 15 is 0 Å². The molecule has 5 N–H and O–H groups in total. The van der Waals surface area contributed by atoms with Gasteiger partial charge in [0.2, 0.25) is 5.91 Å². The van der Waals surface area contributed by atoms with Crippen molar-refractivity contribution in [1.29, 1.82) is 0 Å². The first-order chi connectivity index (χ1) is 7.50. The zero-order valence-electron chi connectivity index (χ0n) is 9.26. The van der Waals surface area contributed by atoms with E-state index in [-0.39, 0.29) is 24.8 Å². The number of carboxylic acid groups (broad SMARTS) is 1. The van der Waals surface area contributed by atoms with Crippen LogP contribution in [0.5, 0.6) is 0 Å². The average molecular weight is 229 g/mol. The molecule has 0 bridgehead atoms. The Bertz CT molecular complexity index is 270. The summed E-state index contributed by atoms with van der Waals surface area (Å²) in [5.41, 5.74) is 11.1. The van der Waals surface area contributed by atoms with E-state index in [1.54, 1.807) is 4.90 Å². The van der Waals surface area contributed by atoms with Gasteiger partial charge in [0.15, 0.2) is 0 Å². The normalized spacial score (nSPS) is 22.9. The van der Waals surface area contributed by atoms with Gasteiger partial charge in [0, 0.05) is 25.6 Å². The van der Waals surface area contributed by atoms with E-state index in [9.17, 15) is 9.59 Å². The molecule has 0 spiro atoms. The third-order valence-electron chi connectivity index (χ3n) is 2.80. The number of carbonyl (C=O) groups excluding carboxylic acids is 1. The predicted octanol–water partition coefficient (Wildman–Crippen LogP) is -0.872. The van der Waals surface area contributed by atoms with Crippen molar-refractivity contribution in [2.45, 2.75) is 37.8 Å². The van der Waals surface area contributed by atoms with Gasteiger partial charge in [0.05, 0.1) is 0 Å². The molecule has 0 aromatic heterocycles. The first kappa shape index (κ1) is 12.9. The molecule has 2 atom stereocenters. The molecule has 1 fully saturated rings. The van der Waals surface area contributed by atoms with E-state index in [1.165, 1.54) is 0 Å². The maximum atomic E-state index is 11.7. The molecule has 0 aliphatic carbocycles. The third kappa shape index (κ3) is 3.79. The number of nitrogens with two attached hydrogens (primary N) is 2. The number of piperidine rings is 1. The lowest BCUT2D eigenvalue weighted by Crippen LogP contribution is -2.46. The van der Waals surface area contributed by atoms with Crippen molar-refractivity contribution >= 4 is 11.9 Å². The van der Waals surface area contributed by atoms with Gasteiger partial charge in [-0.1, -0.05) is 0 Å². The minimum atomic E-state index is -1.07. The van der Waals surface area contributed by atoms with Crippen molar-refractivity contribution in [3.05, 3.63) is 0 Å². The molecule has 0 aromatic rings. The van der Waals surface area contributed by atoms with E-state index in [0.29, 0.717) is 6.54 Å². The molecule has 1 saturated heterocycles. The molecule has 92 valence electrons. The first-order valence-corrected chi connectivity index (χ1v) is 5.52. The van der Waals surface area contributed by atoms with Gasteiger partial charge in [-0.3, -0.25) is 9.59 Å². The summed E-state index contributed by atoms with van der Waals surface area (Å²) in [5.74, 6) is -1.12. The second kappa shape index (κ2) is 5.81. The Morgan fingerprint density at radius 2 is 2.19 bits per heavy atom. The van der Waals surface area contributed by atoms with Crippen molar-refractivity contribution < 1.29 is 14.7 Å². The Hall–Kier alpha value is -1.14. The van der Waals surface area contributed by atoms with Gasteiger partial charge in [-0.25, -0.2) is 0 Å². The summed E-state index contributed by atoms with van der Waals surface area (Å²) in [4.78, 5) is 23.9. The van der Waals surface area contributed by atoms with Crippen LogP contribution in [-0.4, -0.2) is 47.1 Å². The van der Waals surface area contributed by atoms with Gasteiger partial charge in [0.1, 0.15) is 6.04 Å². The molecule has 1 aliphatic rings. The number of carboxylic acids is 1. The van der Waals surface area contributed by atoms with E-state index in [0.717, 1.165) is 19.4 Å². The number of amides is 1. The highest BCUT2D eigenvalue weighted by Crippen LogP contribution is 2.10. The second-order valence-corrected chi connectivity index (χ2v) is 4.23. The van der Waals surface area contributed by atoms with Crippen LogP contribution in [0.25, 0.3) is 0 Å². The maximum absolute atomic E-state index is 11.7. The summed E-state index contributed by atoms with van der Waals surface area (Å²) in [6.45, 7) is 1.29. The molecule has 0 unspecified atom stereocenters. The molecule has 1 heterocycles. The van der Waals surface area contributed by atoms with E-state index in [2.05, 4.69) is 0 Å². The summed E-state index contributed by atoms with van der Waals surface area (Å²) in [7, 11) is 0. The summed E-state index contributed by atoms with van der Waals surface area (Å²) in [5, 5.41) is 8.58. The molecule has 6 nitrogen and oxygen atoms in total. The molecule has 0 saturated carbocycles. The topological polar surface area (TPSA) is 110 Å². The van der Waals surface area contributed by atoms with Gasteiger partial charge in [0.25, 0.3) is 0 Å². The highest BCUT2D eigenvalue weighted by molar-refractivity contribution is 5.78. The van der Waals surface area contributed by atoms with Gasteiger partial charge in [-0.05, 0) is 19.3 Å². The second-order valence-electron chi connectivity index (χ2n) is 4.23. The molecule has 0 aromatic carbocycles. The quantitative estimate of drug-likeness (QED) is 0.580. The molecule has 16 heavy (non-hydrogen) atoms. The maximum Gasteiger partial charge on any atom is 0.320 e. The van der Waals surface area contributed by atoms with Gasteiger partial charge in [-0.15, -0.1) is 0 Å². The largest absolute Gasteiger partial charge is 0.480 e. The molecule has 1 aliphatic heterocycles. The van der Waals surface area contributed by atoms with Gasteiger partial charge >= 0.3 is 5.97 Å². The van der Waals surface area contributed by atoms with E-state index in [4.69, 9.17) is 16.6 Å². The highest BCUT2D eigenvalue weighted by atomic mass is 16.4. The SMILES string of the molecule is N[C@@H]1CCCN(C(=O)CC[C@H](N)C(=O)O)C1. The van der Waals surface area contributed by atoms with Crippen molar-refractivity contribution in [2.24, 2.45) is 11.5 Å². The number of likely N-dealkylation sites (tertiary alicyclic amines) is 1. The molecular weight excluding hydrogens is 210 g/mol. The van der Waals surface area contributed by atoms with Crippen molar-refractivity contribution in [1.82, 2.24) is 4.90 Å². The Morgan fingerprint density at radius 1 is 1.50 bits per heavy atom. The van der Waals surface area contributed by atoms with Crippen LogP contribution in [0.15, 0.2) is 0 Å². The summed E-state index contributed by atoms with van der Waals surface area (Å²) >= 11 is 0. The molecule has 1 amide bonds. The number of rotatable bonds is 4. The van der Waals surface area contributed by atoms with Crippen LogP contribution in [0.1, 0.15) is 25.7 Å². The fraction of sp³-hybridized carbons (Fsp3) is 0.800. The van der Waals surface area contributed by atoms with E-state index in [1.807, 2.05) is 0 Å². The van der Waals surface area contributed by atoms with Crippen LogP contribution in [-0.2, 0) is 9.59 Å². The zero-order chi connectivity index (χ0) is 12.1. The Morgan fingerprint density at radius 3 is 2.75 bits per heavy atom. The summed E-state index contributed by atoms with van der Waals surface area (Å²) in [6, 6.07) is -0.909. The lowest BCUT2D eigenvalue weighted by atomic mass is 10.1. The molecular formula is C10H19N3O3. The van der Waals surface area contributed by atoms with Crippen LogP contribution in [0.4, 0.5) is 0 Å². The molecule has 0 radical (unpaired) electrons. The fourth-order valence-corrected chi connectivity index (χ4v) is 1.80. The fourth-order valence-electron chi connectivity index (χ4n) is 1.80. The Labute approximate surface area is 94.6 Å². The minimum absolute atomic E-state index is 0.0471. The Balaban J connectivity index is 2.31. The predicted molar refractivity (Wildman–Crippen MR) is 58.6 cm³/mol. The number of aliphatic carboxylic acids is 1. The third-order valence-corrected chi connectivity index (χ3v) is 2.80. The lowest BCUT2D eigenvalue weighted by molar-refractivity contribution is -0.139. The lowest BCUT2D eigenvalue weighted by Gasteiger charge is -2.31. The summed E-state index contributed by atoms with van der Waals surface area (Å²) < 4.78 is 0. The molecule has 6 heteroatoms. The van der Waals surface area contributed by atoms with Crippen molar-refractivity contribution in [2.75, 3.05) is 13.1 Å². The van der Waals surface area contributed by atoms with Gasteiger partial charge in [-0.2, -0.15) is 0 Å². The average Bonchev–Trinajstić information content (AvgIpc) is 2.25. The molecule has 1 rings (SSSR count). The number of carbonyl (C=O) groups is 2. The van der Waals surface area contributed by atoms with Crippen LogP contribution in [0.2, 0.25) is 0 Å². The van der Waals surface area contributed by atoms with Gasteiger partial charge < -0.3 is 21.5 Å². The zero-order valence-corrected chi connectivity index (χ0v) is 9.26. The number of hydrogen-bond acceptors (Lipinski definition) is 4. The minimum Gasteiger partial charge on any atom is -0.480 e. The summed E-state index contributed by atoms with van der Waals surface area (Å²) in [6.07, 6.45) is 2.22. The number of hydrogen-bond donors (Lipinski definition) is 3. The van der Waals surface area contributed by atoms with Crippen molar-refractivity contribution in [3.63, 3.8) is 0 Å². The van der Waals surface area contributed by atoms with Crippen LogP contribution in [0, 0.1) is 0 Å². The highest BCUT2D eigenvalue weighted by Gasteiger charge is 2.22.